The second-order valence-electron chi connectivity index (χ2n) is 3.68. The number of aromatic amines is 1. The Morgan fingerprint density at radius 3 is 3.21 bits per heavy atom. The number of ether oxygens (including phenoxy) is 1. The first-order chi connectivity index (χ1) is 6.81. The van der Waals surface area contributed by atoms with Gasteiger partial charge in [0.05, 0.1) is 5.69 Å². The van der Waals surface area contributed by atoms with Crippen LogP contribution in [0.15, 0.2) is 0 Å². The maximum atomic E-state index is 5.97. The predicted molar refractivity (Wildman–Crippen MR) is 53.8 cm³/mol. The summed E-state index contributed by atoms with van der Waals surface area (Å²) in [6.07, 6.45) is 3.28. The monoisotopic (exact) mass is 195 g/mol. The van der Waals surface area contributed by atoms with Crippen LogP contribution in [-0.4, -0.2) is 16.6 Å². The van der Waals surface area contributed by atoms with Gasteiger partial charge in [-0.1, -0.05) is 0 Å². The van der Waals surface area contributed by atoms with E-state index < -0.39 is 0 Å². The Morgan fingerprint density at radius 2 is 2.50 bits per heavy atom. The van der Waals surface area contributed by atoms with E-state index in [2.05, 4.69) is 9.97 Å². The van der Waals surface area contributed by atoms with Crippen molar-refractivity contribution in [1.29, 1.82) is 0 Å². The van der Waals surface area contributed by atoms with E-state index in [1.807, 2.05) is 6.92 Å². The number of hydrogen-bond donors (Lipinski definition) is 2. The van der Waals surface area contributed by atoms with Gasteiger partial charge in [-0.05, 0) is 26.2 Å². The molecule has 0 spiro atoms. The van der Waals surface area contributed by atoms with Crippen molar-refractivity contribution >= 4 is 0 Å². The number of nitrogens with two attached hydrogens (primary N) is 1. The third-order valence-corrected chi connectivity index (χ3v) is 2.60. The molecule has 1 aromatic rings. The number of aromatic nitrogens is 2. The van der Waals surface area contributed by atoms with Crippen molar-refractivity contribution in [2.24, 2.45) is 5.73 Å². The van der Waals surface area contributed by atoms with Gasteiger partial charge in [0.25, 0.3) is 0 Å². The van der Waals surface area contributed by atoms with Gasteiger partial charge >= 0.3 is 0 Å². The van der Waals surface area contributed by atoms with E-state index >= 15 is 0 Å². The predicted octanol–water partition coefficient (Wildman–Crippen LogP) is 1.28. The van der Waals surface area contributed by atoms with Crippen LogP contribution in [-0.2, 0) is 17.8 Å². The van der Waals surface area contributed by atoms with Crippen LogP contribution in [0.1, 0.15) is 43.0 Å². The van der Waals surface area contributed by atoms with Gasteiger partial charge in [-0.25, -0.2) is 4.98 Å². The Labute approximate surface area is 83.9 Å². The van der Waals surface area contributed by atoms with Crippen LogP contribution in [0.5, 0.6) is 0 Å². The number of H-pyrrole nitrogens is 1. The molecule has 0 aliphatic heterocycles. The van der Waals surface area contributed by atoms with E-state index in [9.17, 15) is 0 Å². The molecule has 2 rings (SSSR count). The molecule has 0 amide bonds. The van der Waals surface area contributed by atoms with Crippen molar-refractivity contribution in [2.45, 2.75) is 38.8 Å². The summed E-state index contributed by atoms with van der Waals surface area (Å²) >= 11 is 0. The van der Waals surface area contributed by atoms with Crippen molar-refractivity contribution in [3.8, 4) is 0 Å². The molecule has 78 valence electrons. The highest BCUT2D eigenvalue weighted by molar-refractivity contribution is 5.20. The molecule has 1 atom stereocenters. The first-order valence-corrected chi connectivity index (χ1v) is 5.22. The minimum Gasteiger partial charge on any atom is -0.374 e. The molecule has 14 heavy (non-hydrogen) atoms. The number of nitrogens with zero attached hydrogens (tertiary/aromatic N) is 1. The van der Waals surface area contributed by atoms with Crippen LogP contribution in [0, 0.1) is 0 Å². The zero-order valence-electron chi connectivity index (χ0n) is 8.55. The third kappa shape index (κ3) is 1.81. The molecule has 4 nitrogen and oxygen atoms in total. The molecule has 1 heterocycles. The van der Waals surface area contributed by atoms with Crippen LogP contribution in [0.4, 0.5) is 0 Å². The molecule has 0 saturated carbocycles. The van der Waals surface area contributed by atoms with Crippen molar-refractivity contribution in [1.82, 2.24) is 9.97 Å². The van der Waals surface area contributed by atoms with E-state index in [0.29, 0.717) is 6.61 Å². The van der Waals surface area contributed by atoms with E-state index in [1.165, 1.54) is 5.69 Å². The van der Waals surface area contributed by atoms with Crippen LogP contribution >= 0.6 is 0 Å². The van der Waals surface area contributed by atoms with Gasteiger partial charge in [0.15, 0.2) is 0 Å². The SMILES string of the molecule is CCOCc1nc2c([nH]1)CCCC2N. The number of hydrogen-bond acceptors (Lipinski definition) is 3. The highest BCUT2D eigenvalue weighted by Crippen LogP contribution is 2.25. The van der Waals surface area contributed by atoms with E-state index in [1.54, 1.807) is 0 Å². The van der Waals surface area contributed by atoms with Crippen LogP contribution < -0.4 is 5.73 Å². The molecule has 0 radical (unpaired) electrons. The summed E-state index contributed by atoms with van der Waals surface area (Å²) in [6, 6.07) is 0.116. The summed E-state index contributed by atoms with van der Waals surface area (Å²) in [7, 11) is 0. The summed E-state index contributed by atoms with van der Waals surface area (Å²) < 4.78 is 5.30. The Morgan fingerprint density at radius 1 is 1.64 bits per heavy atom. The fraction of sp³-hybridized carbons (Fsp3) is 0.700. The average molecular weight is 195 g/mol. The topological polar surface area (TPSA) is 63.9 Å². The Hall–Kier alpha value is -0.870. The normalized spacial score (nSPS) is 20.9. The lowest BCUT2D eigenvalue weighted by Gasteiger charge is -2.15. The van der Waals surface area contributed by atoms with Gasteiger partial charge in [0.1, 0.15) is 12.4 Å². The smallest absolute Gasteiger partial charge is 0.132 e. The summed E-state index contributed by atoms with van der Waals surface area (Å²) in [4.78, 5) is 7.75. The highest BCUT2D eigenvalue weighted by Gasteiger charge is 2.20. The largest absolute Gasteiger partial charge is 0.374 e. The minimum atomic E-state index is 0.116. The van der Waals surface area contributed by atoms with Gasteiger partial charge in [0.2, 0.25) is 0 Å². The van der Waals surface area contributed by atoms with Crippen molar-refractivity contribution < 1.29 is 4.74 Å². The number of aryl methyl sites for hydroxylation is 1. The van der Waals surface area contributed by atoms with Crippen molar-refractivity contribution in [3.05, 3.63) is 17.2 Å². The molecule has 0 aromatic carbocycles. The molecule has 1 aliphatic carbocycles. The fourth-order valence-electron chi connectivity index (χ4n) is 1.88. The van der Waals surface area contributed by atoms with E-state index in [4.69, 9.17) is 10.5 Å². The average Bonchev–Trinajstić information content (AvgIpc) is 2.59. The molecule has 1 aliphatic rings. The minimum absolute atomic E-state index is 0.116. The molecule has 1 aromatic heterocycles. The number of nitrogens with one attached hydrogen (secondary N) is 1. The first-order valence-electron chi connectivity index (χ1n) is 5.22. The summed E-state index contributed by atoms with van der Waals surface area (Å²) in [5, 5.41) is 0. The number of fused-ring (bicyclic) bond motifs is 1. The lowest BCUT2D eigenvalue weighted by atomic mass is 9.97. The quantitative estimate of drug-likeness (QED) is 0.763. The number of imidazole rings is 1. The summed E-state index contributed by atoms with van der Waals surface area (Å²) in [6.45, 7) is 3.27. The first kappa shape index (κ1) is 9.68. The molecule has 0 fully saturated rings. The van der Waals surface area contributed by atoms with Gasteiger partial charge in [-0.3, -0.25) is 0 Å². The molecule has 1 unspecified atom stereocenters. The van der Waals surface area contributed by atoms with Crippen LogP contribution in [0.2, 0.25) is 0 Å². The third-order valence-electron chi connectivity index (χ3n) is 2.60. The summed E-state index contributed by atoms with van der Waals surface area (Å²) in [5.74, 6) is 0.911. The number of rotatable bonds is 3. The van der Waals surface area contributed by atoms with Gasteiger partial charge < -0.3 is 15.5 Å². The van der Waals surface area contributed by atoms with Crippen LogP contribution in [0.25, 0.3) is 0 Å². The van der Waals surface area contributed by atoms with Crippen molar-refractivity contribution in [2.75, 3.05) is 6.61 Å². The molecule has 0 bridgehead atoms. The Bertz CT molecular complexity index is 308. The second kappa shape index (κ2) is 4.11. The zero-order chi connectivity index (χ0) is 9.97. The van der Waals surface area contributed by atoms with Gasteiger partial charge in [-0.15, -0.1) is 0 Å². The maximum absolute atomic E-state index is 5.97. The molecule has 0 saturated heterocycles. The second-order valence-corrected chi connectivity index (χ2v) is 3.68. The Kier molecular flexibility index (Phi) is 2.84. The van der Waals surface area contributed by atoms with Crippen molar-refractivity contribution in [3.63, 3.8) is 0 Å². The molecular formula is C10H17N3O. The standard InChI is InChI=1S/C10H17N3O/c1-2-14-6-9-12-8-5-3-4-7(11)10(8)13-9/h7H,2-6,11H2,1H3,(H,12,13). The summed E-state index contributed by atoms with van der Waals surface area (Å²) in [5.41, 5.74) is 8.22. The van der Waals surface area contributed by atoms with E-state index in [0.717, 1.165) is 37.4 Å². The lowest BCUT2D eigenvalue weighted by Crippen LogP contribution is -2.17. The molecule has 3 N–H and O–H groups in total. The van der Waals surface area contributed by atoms with Gasteiger partial charge in [0, 0.05) is 18.3 Å². The Balaban J connectivity index is 2.13. The van der Waals surface area contributed by atoms with Gasteiger partial charge in [-0.2, -0.15) is 0 Å². The maximum Gasteiger partial charge on any atom is 0.132 e. The zero-order valence-corrected chi connectivity index (χ0v) is 8.55. The molecule has 4 heteroatoms. The fourth-order valence-corrected chi connectivity index (χ4v) is 1.88. The lowest BCUT2D eigenvalue weighted by molar-refractivity contribution is 0.128. The highest BCUT2D eigenvalue weighted by atomic mass is 16.5. The van der Waals surface area contributed by atoms with Crippen LogP contribution in [0.3, 0.4) is 0 Å². The van der Waals surface area contributed by atoms with E-state index in [-0.39, 0.29) is 6.04 Å². The molecular weight excluding hydrogens is 178 g/mol.